The summed E-state index contributed by atoms with van der Waals surface area (Å²) in [6, 6.07) is 4.96. The number of rotatable bonds is 4. The summed E-state index contributed by atoms with van der Waals surface area (Å²) in [6.07, 6.45) is 0. The number of amides is 2. The maximum absolute atomic E-state index is 11.8. The molecule has 0 aromatic heterocycles. The van der Waals surface area contributed by atoms with E-state index in [-0.39, 0.29) is 18.5 Å². The van der Waals surface area contributed by atoms with Gasteiger partial charge < -0.3 is 15.7 Å². The second-order valence-corrected chi connectivity index (χ2v) is 5.64. The second-order valence-electron chi connectivity index (χ2n) is 5.23. The van der Waals surface area contributed by atoms with E-state index in [2.05, 4.69) is 10.6 Å². The van der Waals surface area contributed by atoms with Crippen molar-refractivity contribution in [2.45, 2.75) is 33.3 Å². The minimum Gasteiger partial charge on any atom is -0.388 e. The van der Waals surface area contributed by atoms with Crippen LogP contribution in [-0.2, 0) is 0 Å². The lowest BCUT2D eigenvalue weighted by Gasteiger charge is -2.27. The molecule has 1 atom stereocenters. The molecule has 5 heteroatoms. The number of benzene rings is 1. The third-order valence-corrected chi connectivity index (χ3v) is 3.78. The summed E-state index contributed by atoms with van der Waals surface area (Å²) in [5.41, 5.74) is 0.546. The Morgan fingerprint density at radius 2 is 2.11 bits per heavy atom. The van der Waals surface area contributed by atoms with Crippen molar-refractivity contribution < 1.29 is 9.90 Å². The first kappa shape index (κ1) is 15.8. The third kappa shape index (κ3) is 4.40. The molecule has 4 nitrogen and oxygen atoms in total. The number of anilines is 1. The van der Waals surface area contributed by atoms with Crippen molar-refractivity contribution >= 4 is 23.3 Å². The van der Waals surface area contributed by atoms with Crippen molar-refractivity contribution in [1.82, 2.24) is 5.32 Å². The van der Waals surface area contributed by atoms with E-state index < -0.39 is 5.60 Å². The number of halogens is 1. The van der Waals surface area contributed by atoms with Crippen LogP contribution in [0.1, 0.15) is 26.3 Å². The van der Waals surface area contributed by atoms with Crippen LogP contribution in [0.15, 0.2) is 18.2 Å². The highest BCUT2D eigenvalue weighted by atomic mass is 35.5. The molecule has 1 rings (SSSR count). The molecule has 0 radical (unpaired) electrons. The number of nitrogens with one attached hydrogen (secondary N) is 2. The lowest BCUT2D eigenvalue weighted by Crippen LogP contribution is -2.45. The maximum Gasteiger partial charge on any atom is 0.319 e. The molecule has 106 valence electrons. The summed E-state index contributed by atoms with van der Waals surface area (Å²) >= 11 is 5.98. The quantitative estimate of drug-likeness (QED) is 0.795. The van der Waals surface area contributed by atoms with Crippen LogP contribution in [0, 0.1) is 12.8 Å². The molecule has 3 N–H and O–H groups in total. The van der Waals surface area contributed by atoms with E-state index in [1.54, 1.807) is 25.1 Å². The van der Waals surface area contributed by atoms with Crippen molar-refractivity contribution in [2.75, 3.05) is 11.9 Å². The Kier molecular flexibility index (Phi) is 5.20. The molecule has 1 aromatic rings. The van der Waals surface area contributed by atoms with E-state index in [0.29, 0.717) is 10.7 Å². The molecular formula is C14H21ClN2O2. The highest BCUT2D eigenvalue weighted by Crippen LogP contribution is 2.22. The van der Waals surface area contributed by atoms with Crippen molar-refractivity contribution in [1.29, 1.82) is 0 Å². The van der Waals surface area contributed by atoms with Gasteiger partial charge in [0.25, 0.3) is 0 Å². The van der Waals surface area contributed by atoms with E-state index in [1.165, 1.54) is 0 Å². The summed E-state index contributed by atoms with van der Waals surface area (Å²) in [5, 5.41) is 16.0. The molecule has 0 aliphatic carbocycles. The second kappa shape index (κ2) is 6.26. The zero-order valence-electron chi connectivity index (χ0n) is 11.7. The van der Waals surface area contributed by atoms with Gasteiger partial charge in [0.2, 0.25) is 0 Å². The highest BCUT2D eigenvalue weighted by Gasteiger charge is 2.25. The number of urea groups is 1. The summed E-state index contributed by atoms with van der Waals surface area (Å²) in [4.78, 5) is 11.8. The highest BCUT2D eigenvalue weighted by molar-refractivity contribution is 6.31. The van der Waals surface area contributed by atoms with E-state index in [0.717, 1.165) is 5.56 Å². The lowest BCUT2D eigenvalue weighted by atomic mass is 9.93. The summed E-state index contributed by atoms with van der Waals surface area (Å²) in [6.45, 7) is 7.53. The molecule has 0 fully saturated rings. The smallest absolute Gasteiger partial charge is 0.319 e. The predicted molar refractivity (Wildman–Crippen MR) is 78.7 cm³/mol. The minimum atomic E-state index is -0.930. The van der Waals surface area contributed by atoms with Gasteiger partial charge in [-0.1, -0.05) is 31.5 Å². The molecule has 19 heavy (non-hydrogen) atoms. The Morgan fingerprint density at radius 3 is 2.68 bits per heavy atom. The van der Waals surface area contributed by atoms with Gasteiger partial charge in [0.05, 0.1) is 5.60 Å². The predicted octanol–water partition coefficient (Wildman–Crippen LogP) is 3.18. The number of hydrogen-bond donors (Lipinski definition) is 3. The van der Waals surface area contributed by atoms with E-state index in [1.807, 2.05) is 20.8 Å². The molecule has 0 aliphatic heterocycles. The Hall–Kier alpha value is -1.26. The van der Waals surface area contributed by atoms with Gasteiger partial charge in [-0.2, -0.15) is 0 Å². The van der Waals surface area contributed by atoms with Crippen molar-refractivity contribution in [3.8, 4) is 0 Å². The van der Waals surface area contributed by atoms with E-state index >= 15 is 0 Å². The van der Waals surface area contributed by atoms with Crippen LogP contribution in [-0.4, -0.2) is 23.3 Å². The zero-order chi connectivity index (χ0) is 14.6. The average Bonchev–Trinajstić information content (AvgIpc) is 2.32. The van der Waals surface area contributed by atoms with Gasteiger partial charge in [0, 0.05) is 17.3 Å². The SMILES string of the molecule is Cc1c(Cl)cccc1NC(=O)NCC(C)(O)C(C)C. The first-order chi connectivity index (χ1) is 8.74. The monoisotopic (exact) mass is 284 g/mol. The van der Waals surface area contributed by atoms with E-state index in [4.69, 9.17) is 11.6 Å². The Bertz CT molecular complexity index is 459. The van der Waals surface area contributed by atoms with Crippen LogP contribution in [0.4, 0.5) is 10.5 Å². The molecule has 1 unspecified atom stereocenters. The summed E-state index contributed by atoms with van der Waals surface area (Å²) < 4.78 is 0. The van der Waals surface area contributed by atoms with Gasteiger partial charge in [0.1, 0.15) is 0 Å². The van der Waals surface area contributed by atoms with Gasteiger partial charge in [0.15, 0.2) is 0 Å². The third-order valence-electron chi connectivity index (χ3n) is 3.37. The zero-order valence-corrected chi connectivity index (χ0v) is 12.5. The maximum atomic E-state index is 11.8. The Balaban J connectivity index is 2.59. The average molecular weight is 285 g/mol. The number of carbonyl (C=O) groups excluding carboxylic acids is 1. The molecule has 0 saturated heterocycles. The van der Waals surface area contributed by atoms with E-state index in [9.17, 15) is 9.90 Å². The normalized spacial score (nSPS) is 14.1. The van der Waals surface area contributed by atoms with Gasteiger partial charge in [-0.15, -0.1) is 0 Å². The first-order valence-corrected chi connectivity index (χ1v) is 6.64. The van der Waals surface area contributed by atoms with Gasteiger partial charge in [-0.05, 0) is 37.5 Å². The van der Waals surface area contributed by atoms with Crippen molar-refractivity contribution in [2.24, 2.45) is 5.92 Å². The fraction of sp³-hybridized carbons (Fsp3) is 0.500. The number of hydrogen-bond acceptors (Lipinski definition) is 2. The number of carbonyl (C=O) groups is 1. The molecule has 0 saturated carbocycles. The number of aliphatic hydroxyl groups is 1. The molecule has 0 bridgehead atoms. The topological polar surface area (TPSA) is 61.4 Å². The van der Waals surface area contributed by atoms with Gasteiger partial charge in [-0.3, -0.25) is 0 Å². The molecule has 0 heterocycles. The fourth-order valence-corrected chi connectivity index (χ4v) is 1.55. The summed E-state index contributed by atoms with van der Waals surface area (Å²) in [5.74, 6) is 0.0562. The van der Waals surface area contributed by atoms with Crippen LogP contribution in [0.5, 0.6) is 0 Å². The largest absolute Gasteiger partial charge is 0.388 e. The Morgan fingerprint density at radius 1 is 1.47 bits per heavy atom. The van der Waals surface area contributed by atoms with Crippen LogP contribution in [0.2, 0.25) is 5.02 Å². The molecule has 0 spiro atoms. The lowest BCUT2D eigenvalue weighted by molar-refractivity contribution is 0.0170. The van der Waals surface area contributed by atoms with Gasteiger partial charge >= 0.3 is 6.03 Å². The minimum absolute atomic E-state index is 0.0562. The molecule has 0 aliphatic rings. The van der Waals surface area contributed by atoms with Crippen molar-refractivity contribution in [3.05, 3.63) is 28.8 Å². The molecule has 1 aromatic carbocycles. The molecule has 2 amide bonds. The van der Waals surface area contributed by atoms with Crippen LogP contribution >= 0.6 is 11.6 Å². The Labute approximate surface area is 119 Å². The van der Waals surface area contributed by atoms with Crippen molar-refractivity contribution in [3.63, 3.8) is 0 Å². The van der Waals surface area contributed by atoms with Crippen LogP contribution in [0.3, 0.4) is 0 Å². The van der Waals surface area contributed by atoms with Gasteiger partial charge in [-0.25, -0.2) is 4.79 Å². The standard InChI is InChI=1S/C14H21ClN2O2/c1-9(2)14(4,19)8-16-13(18)17-12-7-5-6-11(15)10(12)3/h5-7,9,19H,8H2,1-4H3,(H2,16,17,18). The fourth-order valence-electron chi connectivity index (χ4n) is 1.37. The molecular weight excluding hydrogens is 264 g/mol. The summed E-state index contributed by atoms with van der Waals surface area (Å²) in [7, 11) is 0. The van der Waals surface area contributed by atoms with Crippen LogP contribution < -0.4 is 10.6 Å². The van der Waals surface area contributed by atoms with Crippen LogP contribution in [0.25, 0.3) is 0 Å². The first-order valence-electron chi connectivity index (χ1n) is 6.26.